The topological polar surface area (TPSA) is 56.8 Å². The van der Waals surface area contributed by atoms with Crippen molar-refractivity contribution in [1.82, 2.24) is 5.32 Å². The molecule has 0 bridgehead atoms. The molecule has 0 aliphatic heterocycles. The van der Waals surface area contributed by atoms with E-state index in [4.69, 9.17) is 14.2 Å². The van der Waals surface area contributed by atoms with Gasteiger partial charge in [0.2, 0.25) is 0 Å². The highest BCUT2D eigenvalue weighted by molar-refractivity contribution is 5.81. The van der Waals surface area contributed by atoms with E-state index in [1.807, 2.05) is 38.1 Å². The average Bonchev–Trinajstić information content (AvgIpc) is 2.61. The van der Waals surface area contributed by atoms with Crippen molar-refractivity contribution < 1.29 is 19.0 Å². The molecule has 1 N–H and O–H groups in total. The van der Waals surface area contributed by atoms with Gasteiger partial charge in [-0.25, -0.2) is 0 Å². The summed E-state index contributed by atoms with van der Waals surface area (Å²) < 4.78 is 16.5. The van der Waals surface area contributed by atoms with Crippen LogP contribution in [-0.2, 0) is 4.79 Å². The van der Waals surface area contributed by atoms with E-state index >= 15 is 0 Å². The van der Waals surface area contributed by atoms with Gasteiger partial charge in [-0.3, -0.25) is 4.79 Å². The lowest BCUT2D eigenvalue weighted by Crippen LogP contribution is -2.43. The van der Waals surface area contributed by atoms with Crippen molar-refractivity contribution in [1.29, 1.82) is 0 Å². The van der Waals surface area contributed by atoms with Crippen LogP contribution in [0.1, 0.15) is 19.4 Å². The Hall–Kier alpha value is -2.69. The van der Waals surface area contributed by atoms with Gasteiger partial charge < -0.3 is 19.5 Å². The van der Waals surface area contributed by atoms with Crippen LogP contribution in [0.4, 0.5) is 0 Å². The smallest absolute Gasteiger partial charge is 0.261 e. The number of benzene rings is 2. The van der Waals surface area contributed by atoms with Gasteiger partial charge in [-0.2, -0.15) is 0 Å². The van der Waals surface area contributed by atoms with Crippen molar-refractivity contribution in [3.8, 4) is 17.2 Å². The summed E-state index contributed by atoms with van der Waals surface area (Å²) in [7, 11) is 1.60. The molecule has 5 nitrogen and oxygen atoms in total. The Labute approximate surface area is 148 Å². The molecule has 0 unspecified atom stereocenters. The summed E-state index contributed by atoms with van der Waals surface area (Å²) in [6.07, 6.45) is -0.602. The van der Waals surface area contributed by atoms with Gasteiger partial charge in [-0.05, 0) is 56.7 Å². The fraction of sp³-hybridized carbons (Fsp3) is 0.350. The van der Waals surface area contributed by atoms with Crippen molar-refractivity contribution in [2.24, 2.45) is 0 Å². The number of ether oxygens (including phenoxy) is 3. The number of hydrogen-bond acceptors (Lipinski definition) is 4. The summed E-state index contributed by atoms with van der Waals surface area (Å²) in [6.45, 7) is 6.00. The Morgan fingerprint density at radius 1 is 1.04 bits per heavy atom. The molecule has 0 saturated heterocycles. The second-order valence-electron chi connectivity index (χ2n) is 5.92. The zero-order chi connectivity index (χ0) is 18.2. The average molecular weight is 343 g/mol. The Balaban J connectivity index is 1.80. The van der Waals surface area contributed by atoms with Crippen molar-refractivity contribution >= 4 is 5.91 Å². The molecule has 0 radical (unpaired) electrons. The highest BCUT2D eigenvalue weighted by Gasteiger charge is 2.17. The van der Waals surface area contributed by atoms with E-state index in [-0.39, 0.29) is 11.9 Å². The Morgan fingerprint density at radius 2 is 1.68 bits per heavy atom. The Kier molecular flexibility index (Phi) is 6.69. The summed E-state index contributed by atoms with van der Waals surface area (Å²) in [5, 5.41) is 2.90. The van der Waals surface area contributed by atoms with Crippen LogP contribution in [0.2, 0.25) is 0 Å². The normalized spacial score (nSPS) is 12.8. The molecular weight excluding hydrogens is 318 g/mol. The van der Waals surface area contributed by atoms with Gasteiger partial charge in [0, 0.05) is 0 Å². The van der Waals surface area contributed by atoms with Crippen LogP contribution in [0.5, 0.6) is 17.2 Å². The summed E-state index contributed by atoms with van der Waals surface area (Å²) >= 11 is 0. The van der Waals surface area contributed by atoms with Crippen LogP contribution in [0.15, 0.2) is 48.5 Å². The molecule has 0 saturated carbocycles. The number of nitrogens with one attached hydrogen (secondary N) is 1. The number of amides is 1. The van der Waals surface area contributed by atoms with E-state index in [1.54, 1.807) is 38.3 Å². The van der Waals surface area contributed by atoms with Gasteiger partial charge in [0.1, 0.15) is 23.9 Å². The zero-order valence-electron chi connectivity index (χ0n) is 15.1. The molecule has 0 aromatic heterocycles. The summed E-state index contributed by atoms with van der Waals surface area (Å²) in [4.78, 5) is 12.2. The molecule has 2 rings (SSSR count). The molecule has 0 heterocycles. The minimum absolute atomic E-state index is 0.131. The molecule has 0 spiro atoms. The molecule has 25 heavy (non-hydrogen) atoms. The molecule has 2 aromatic carbocycles. The fourth-order valence-corrected chi connectivity index (χ4v) is 2.25. The van der Waals surface area contributed by atoms with Crippen molar-refractivity contribution in [3.63, 3.8) is 0 Å². The molecule has 1 amide bonds. The summed E-state index contributed by atoms with van der Waals surface area (Å²) in [5.74, 6) is 2.00. The third-order valence-electron chi connectivity index (χ3n) is 3.71. The lowest BCUT2D eigenvalue weighted by Gasteiger charge is -2.19. The lowest BCUT2D eigenvalue weighted by molar-refractivity contribution is -0.128. The molecule has 0 aliphatic rings. The number of rotatable bonds is 8. The number of carbonyl (C=O) groups excluding carboxylic acids is 1. The second-order valence-corrected chi connectivity index (χ2v) is 5.92. The first-order valence-corrected chi connectivity index (χ1v) is 8.29. The van der Waals surface area contributed by atoms with E-state index in [9.17, 15) is 4.79 Å². The van der Waals surface area contributed by atoms with Crippen molar-refractivity contribution in [2.75, 3.05) is 13.7 Å². The first kappa shape index (κ1) is 18.6. The highest BCUT2D eigenvalue weighted by atomic mass is 16.5. The first-order valence-electron chi connectivity index (χ1n) is 8.29. The third-order valence-corrected chi connectivity index (χ3v) is 3.71. The van der Waals surface area contributed by atoms with Gasteiger partial charge in [0.25, 0.3) is 5.91 Å². The molecule has 0 fully saturated rings. The minimum Gasteiger partial charge on any atom is -0.497 e. The van der Waals surface area contributed by atoms with Gasteiger partial charge >= 0.3 is 0 Å². The number of methoxy groups -OCH3 is 1. The van der Waals surface area contributed by atoms with Gasteiger partial charge in [-0.15, -0.1) is 0 Å². The standard InChI is InChI=1S/C20H25NO4/c1-14-7-5-6-8-19(14)24-13-15(2)21-20(22)16(3)25-18-11-9-17(23-4)10-12-18/h5-12,15-16H,13H2,1-4H3,(H,21,22)/t15-,16-/m0/s1. The molecule has 134 valence electrons. The van der Waals surface area contributed by atoms with Gasteiger partial charge in [-0.1, -0.05) is 18.2 Å². The van der Waals surface area contributed by atoms with Crippen LogP contribution in [-0.4, -0.2) is 31.8 Å². The maximum atomic E-state index is 12.2. The van der Waals surface area contributed by atoms with E-state index in [0.29, 0.717) is 12.4 Å². The predicted molar refractivity (Wildman–Crippen MR) is 97.4 cm³/mol. The Morgan fingerprint density at radius 3 is 2.32 bits per heavy atom. The van der Waals surface area contributed by atoms with Gasteiger partial charge in [0.05, 0.1) is 13.2 Å². The number of hydrogen-bond donors (Lipinski definition) is 1. The van der Waals surface area contributed by atoms with Crippen LogP contribution < -0.4 is 19.5 Å². The van der Waals surface area contributed by atoms with Gasteiger partial charge in [0.15, 0.2) is 6.10 Å². The van der Waals surface area contributed by atoms with Crippen LogP contribution in [0.3, 0.4) is 0 Å². The molecular formula is C20H25NO4. The first-order chi connectivity index (χ1) is 12.0. The minimum atomic E-state index is -0.602. The fourth-order valence-electron chi connectivity index (χ4n) is 2.25. The SMILES string of the molecule is COc1ccc(O[C@@H](C)C(=O)N[C@@H](C)COc2ccccc2C)cc1. The monoisotopic (exact) mass is 343 g/mol. The zero-order valence-corrected chi connectivity index (χ0v) is 15.1. The molecule has 0 aliphatic carbocycles. The summed E-state index contributed by atoms with van der Waals surface area (Å²) in [6, 6.07) is 14.8. The van der Waals surface area contributed by atoms with Crippen LogP contribution in [0, 0.1) is 6.92 Å². The maximum absolute atomic E-state index is 12.2. The largest absolute Gasteiger partial charge is 0.497 e. The predicted octanol–water partition coefficient (Wildman–Crippen LogP) is 3.35. The molecule has 2 aromatic rings. The van der Waals surface area contributed by atoms with Crippen molar-refractivity contribution in [2.45, 2.75) is 32.9 Å². The van der Waals surface area contributed by atoms with Crippen molar-refractivity contribution in [3.05, 3.63) is 54.1 Å². The van der Waals surface area contributed by atoms with E-state index in [0.717, 1.165) is 17.1 Å². The number of aryl methyl sites for hydroxylation is 1. The van der Waals surface area contributed by atoms with Crippen LogP contribution >= 0.6 is 0 Å². The van der Waals surface area contributed by atoms with E-state index < -0.39 is 6.10 Å². The molecule has 5 heteroatoms. The third kappa shape index (κ3) is 5.71. The highest BCUT2D eigenvalue weighted by Crippen LogP contribution is 2.18. The lowest BCUT2D eigenvalue weighted by atomic mass is 10.2. The quantitative estimate of drug-likeness (QED) is 0.798. The van der Waals surface area contributed by atoms with Crippen LogP contribution in [0.25, 0.3) is 0 Å². The molecule has 2 atom stereocenters. The van der Waals surface area contributed by atoms with E-state index in [2.05, 4.69) is 5.32 Å². The number of carbonyl (C=O) groups is 1. The Bertz CT molecular complexity index is 684. The van der Waals surface area contributed by atoms with E-state index in [1.165, 1.54) is 0 Å². The maximum Gasteiger partial charge on any atom is 0.261 e. The number of para-hydroxylation sites is 1. The second kappa shape index (κ2) is 8.97. The summed E-state index contributed by atoms with van der Waals surface area (Å²) in [5.41, 5.74) is 1.07.